The molecule has 2 unspecified atom stereocenters. The van der Waals surface area contributed by atoms with Crippen molar-refractivity contribution in [3.05, 3.63) is 0 Å². The summed E-state index contributed by atoms with van der Waals surface area (Å²) >= 11 is 0. The quantitative estimate of drug-likeness (QED) is 0.710. The second-order valence-electron chi connectivity index (χ2n) is 5.80. The number of rotatable bonds is 6. The summed E-state index contributed by atoms with van der Waals surface area (Å²) in [5.74, 6) is 0. The highest BCUT2D eigenvalue weighted by atomic mass is 15.3. The minimum absolute atomic E-state index is 0.847. The fourth-order valence-electron chi connectivity index (χ4n) is 3.40. The summed E-state index contributed by atoms with van der Waals surface area (Å²) < 4.78 is 0. The minimum Gasteiger partial charge on any atom is -0.320 e. The highest BCUT2D eigenvalue weighted by molar-refractivity contribution is 4.90. The van der Waals surface area contributed by atoms with Crippen molar-refractivity contribution in [2.45, 2.75) is 50.6 Å². The van der Waals surface area contributed by atoms with Crippen LogP contribution < -0.4 is 5.32 Å². The molecule has 17 heavy (non-hydrogen) atoms. The van der Waals surface area contributed by atoms with Gasteiger partial charge in [-0.05, 0) is 65.8 Å². The van der Waals surface area contributed by atoms with Crippen LogP contribution in [-0.4, -0.2) is 62.2 Å². The first-order valence-electron chi connectivity index (χ1n) is 7.40. The van der Waals surface area contributed by atoms with Gasteiger partial charge in [0, 0.05) is 18.6 Å². The van der Waals surface area contributed by atoms with Crippen molar-refractivity contribution in [2.75, 3.05) is 40.3 Å². The van der Waals surface area contributed by atoms with Gasteiger partial charge in [0.25, 0.3) is 0 Å². The summed E-state index contributed by atoms with van der Waals surface area (Å²) in [6.07, 6.45) is 8.35. The number of likely N-dealkylation sites (tertiary alicyclic amines) is 1. The Morgan fingerprint density at radius 3 is 2.71 bits per heavy atom. The fraction of sp³-hybridized carbons (Fsp3) is 1.00. The van der Waals surface area contributed by atoms with Crippen LogP contribution in [0.2, 0.25) is 0 Å². The molecule has 0 aromatic heterocycles. The predicted octanol–water partition coefficient (Wildman–Crippen LogP) is 1.54. The van der Waals surface area contributed by atoms with Crippen molar-refractivity contribution in [3.63, 3.8) is 0 Å². The maximum atomic E-state index is 3.22. The molecule has 2 fully saturated rings. The average molecular weight is 239 g/mol. The van der Waals surface area contributed by atoms with E-state index in [1.54, 1.807) is 0 Å². The summed E-state index contributed by atoms with van der Waals surface area (Å²) in [4.78, 5) is 5.35. The van der Waals surface area contributed by atoms with Gasteiger partial charge in [-0.15, -0.1) is 0 Å². The van der Waals surface area contributed by atoms with Crippen molar-refractivity contribution in [1.29, 1.82) is 0 Å². The summed E-state index contributed by atoms with van der Waals surface area (Å²) in [5, 5.41) is 3.22. The molecule has 0 aromatic rings. The van der Waals surface area contributed by atoms with Gasteiger partial charge in [0.15, 0.2) is 0 Å². The second-order valence-corrected chi connectivity index (χ2v) is 5.80. The highest BCUT2D eigenvalue weighted by Gasteiger charge is 2.34. The zero-order valence-corrected chi connectivity index (χ0v) is 11.6. The van der Waals surface area contributed by atoms with Crippen LogP contribution in [0.3, 0.4) is 0 Å². The molecular weight excluding hydrogens is 210 g/mol. The Morgan fingerprint density at radius 1 is 1.06 bits per heavy atom. The van der Waals surface area contributed by atoms with E-state index in [9.17, 15) is 0 Å². The molecular formula is C14H29N3. The number of hydrogen-bond donors (Lipinski definition) is 1. The Morgan fingerprint density at radius 2 is 1.88 bits per heavy atom. The van der Waals surface area contributed by atoms with E-state index in [4.69, 9.17) is 0 Å². The lowest BCUT2D eigenvalue weighted by Crippen LogP contribution is -2.37. The van der Waals surface area contributed by atoms with Gasteiger partial charge in [-0.1, -0.05) is 6.42 Å². The number of nitrogens with one attached hydrogen (secondary N) is 1. The van der Waals surface area contributed by atoms with E-state index in [0.717, 1.165) is 12.1 Å². The van der Waals surface area contributed by atoms with Crippen molar-refractivity contribution >= 4 is 0 Å². The lowest BCUT2D eigenvalue weighted by molar-refractivity contribution is 0.216. The van der Waals surface area contributed by atoms with E-state index in [1.165, 1.54) is 64.7 Å². The van der Waals surface area contributed by atoms with Gasteiger partial charge in [-0.2, -0.15) is 0 Å². The first kappa shape index (κ1) is 13.3. The lowest BCUT2D eigenvalue weighted by atomic mass is 10.1. The standard InChI is InChI=1S/C14H29N3/c1-15-9-4-3-5-10-17-11-8-13-6-7-14(12-17)16(13)2/h13-15H,3-12H2,1-2H3. The normalized spacial score (nSPS) is 30.7. The van der Waals surface area contributed by atoms with Crippen LogP contribution in [0.1, 0.15) is 38.5 Å². The molecule has 100 valence electrons. The molecule has 0 spiro atoms. The molecule has 2 aliphatic rings. The lowest BCUT2D eigenvalue weighted by Gasteiger charge is -2.25. The third-order valence-corrected chi connectivity index (χ3v) is 4.63. The molecule has 3 heteroatoms. The van der Waals surface area contributed by atoms with E-state index in [1.807, 2.05) is 7.05 Å². The molecule has 0 aromatic carbocycles. The largest absolute Gasteiger partial charge is 0.320 e. The zero-order valence-electron chi connectivity index (χ0n) is 11.6. The zero-order chi connectivity index (χ0) is 12.1. The summed E-state index contributed by atoms with van der Waals surface area (Å²) in [6, 6.07) is 1.73. The molecule has 2 rings (SSSR count). The van der Waals surface area contributed by atoms with Crippen molar-refractivity contribution in [2.24, 2.45) is 0 Å². The van der Waals surface area contributed by atoms with Crippen LogP contribution in [0, 0.1) is 0 Å². The fourth-order valence-corrected chi connectivity index (χ4v) is 3.40. The van der Waals surface area contributed by atoms with Gasteiger partial charge < -0.3 is 10.2 Å². The van der Waals surface area contributed by atoms with Gasteiger partial charge in [-0.25, -0.2) is 0 Å². The molecule has 0 amide bonds. The number of nitrogens with zero attached hydrogens (tertiary/aromatic N) is 2. The number of hydrogen-bond acceptors (Lipinski definition) is 3. The average Bonchev–Trinajstić information content (AvgIpc) is 2.56. The van der Waals surface area contributed by atoms with Crippen molar-refractivity contribution in [1.82, 2.24) is 15.1 Å². The van der Waals surface area contributed by atoms with Crippen LogP contribution in [0.5, 0.6) is 0 Å². The van der Waals surface area contributed by atoms with E-state index in [-0.39, 0.29) is 0 Å². The van der Waals surface area contributed by atoms with E-state index in [2.05, 4.69) is 22.2 Å². The molecule has 0 aliphatic carbocycles. The number of fused-ring (bicyclic) bond motifs is 2. The van der Waals surface area contributed by atoms with Crippen LogP contribution in [-0.2, 0) is 0 Å². The topological polar surface area (TPSA) is 18.5 Å². The Kier molecular flexibility index (Phi) is 5.26. The Balaban J connectivity index is 1.65. The van der Waals surface area contributed by atoms with Gasteiger partial charge in [0.1, 0.15) is 0 Å². The molecule has 2 bridgehead atoms. The van der Waals surface area contributed by atoms with Gasteiger partial charge in [0.05, 0.1) is 0 Å². The monoisotopic (exact) mass is 239 g/mol. The number of unbranched alkanes of at least 4 members (excludes halogenated alkanes) is 2. The summed E-state index contributed by atoms with van der Waals surface area (Å²) in [7, 11) is 4.38. The van der Waals surface area contributed by atoms with Crippen LogP contribution in [0.15, 0.2) is 0 Å². The Hall–Kier alpha value is -0.120. The third kappa shape index (κ3) is 3.67. The van der Waals surface area contributed by atoms with E-state index < -0.39 is 0 Å². The second kappa shape index (κ2) is 6.72. The van der Waals surface area contributed by atoms with Crippen LogP contribution in [0.25, 0.3) is 0 Å². The van der Waals surface area contributed by atoms with Gasteiger partial charge >= 0.3 is 0 Å². The summed E-state index contributed by atoms with van der Waals surface area (Å²) in [6.45, 7) is 5.14. The van der Waals surface area contributed by atoms with Crippen molar-refractivity contribution in [3.8, 4) is 0 Å². The molecule has 2 aliphatic heterocycles. The molecule has 2 saturated heterocycles. The maximum Gasteiger partial charge on any atom is 0.0223 e. The molecule has 0 radical (unpaired) electrons. The third-order valence-electron chi connectivity index (χ3n) is 4.63. The van der Waals surface area contributed by atoms with Crippen LogP contribution in [0.4, 0.5) is 0 Å². The van der Waals surface area contributed by atoms with Gasteiger partial charge in [0.2, 0.25) is 0 Å². The van der Waals surface area contributed by atoms with Crippen molar-refractivity contribution < 1.29 is 0 Å². The van der Waals surface area contributed by atoms with Crippen LogP contribution >= 0.6 is 0 Å². The predicted molar refractivity (Wildman–Crippen MR) is 73.4 cm³/mol. The first-order valence-corrected chi connectivity index (χ1v) is 7.40. The SMILES string of the molecule is CNCCCCCN1CCC2CCC(C1)N2C. The molecule has 2 heterocycles. The van der Waals surface area contributed by atoms with E-state index in [0.29, 0.717) is 0 Å². The Labute approximate surface area is 107 Å². The minimum atomic E-state index is 0.847. The highest BCUT2D eigenvalue weighted by Crippen LogP contribution is 2.28. The molecule has 1 N–H and O–H groups in total. The molecule has 2 atom stereocenters. The number of likely N-dealkylation sites (N-methyl/N-ethyl adjacent to an activating group) is 1. The van der Waals surface area contributed by atoms with Gasteiger partial charge in [-0.3, -0.25) is 4.90 Å². The molecule has 0 saturated carbocycles. The van der Waals surface area contributed by atoms with E-state index >= 15 is 0 Å². The maximum absolute atomic E-state index is 3.22. The first-order chi connectivity index (χ1) is 8.31. The Bertz CT molecular complexity index is 220. The smallest absolute Gasteiger partial charge is 0.0223 e. The summed E-state index contributed by atoms with van der Waals surface area (Å²) in [5.41, 5.74) is 0. The molecule has 3 nitrogen and oxygen atoms in total.